The number of anilines is 1. The van der Waals surface area contributed by atoms with Crippen molar-refractivity contribution in [3.63, 3.8) is 0 Å². The minimum atomic E-state index is -0.827. The van der Waals surface area contributed by atoms with Crippen LogP contribution in [-0.2, 0) is 11.3 Å². The maximum Gasteiger partial charge on any atom is 0.407 e. The number of halogens is 1. The van der Waals surface area contributed by atoms with Crippen molar-refractivity contribution in [2.45, 2.75) is 13.5 Å². The van der Waals surface area contributed by atoms with E-state index in [1.54, 1.807) is 13.0 Å². The average molecular weight is 390 g/mol. The summed E-state index contributed by atoms with van der Waals surface area (Å²) in [5, 5.41) is 9.18. The highest BCUT2D eigenvalue weighted by Crippen LogP contribution is 2.33. The standard InChI is InChI=1S/C20H27FN4O3/c1-14(26)23-4-6-24(7-5-23)19-8-18(21)3-2-15(19)9-22-10-16-12-25(20(27)28)13-17(16)11-22/h2-3,8,16-17H,4-7,9-13H2,1H3,(H,27,28). The van der Waals surface area contributed by atoms with Crippen LogP contribution in [0.2, 0.25) is 0 Å². The Morgan fingerprint density at radius 1 is 1.04 bits per heavy atom. The first-order chi connectivity index (χ1) is 13.4. The average Bonchev–Trinajstić information content (AvgIpc) is 3.22. The van der Waals surface area contributed by atoms with Crippen LogP contribution in [0.1, 0.15) is 12.5 Å². The van der Waals surface area contributed by atoms with Crippen LogP contribution in [0.15, 0.2) is 18.2 Å². The lowest BCUT2D eigenvalue weighted by Crippen LogP contribution is -2.48. The van der Waals surface area contributed by atoms with E-state index in [1.807, 2.05) is 11.0 Å². The highest BCUT2D eigenvalue weighted by atomic mass is 19.1. The SMILES string of the molecule is CC(=O)N1CCN(c2cc(F)ccc2CN2CC3CN(C(=O)O)CC3C2)CC1. The van der Waals surface area contributed by atoms with Crippen molar-refractivity contribution < 1.29 is 19.1 Å². The number of rotatable bonds is 3. The van der Waals surface area contributed by atoms with Crippen LogP contribution >= 0.6 is 0 Å². The van der Waals surface area contributed by atoms with E-state index in [-0.39, 0.29) is 11.7 Å². The first kappa shape index (κ1) is 19.0. The highest BCUT2D eigenvalue weighted by Gasteiger charge is 2.41. The van der Waals surface area contributed by atoms with Crippen molar-refractivity contribution in [3.8, 4) is 0 Å². The van der Waals surface area contributed by atoms with Crippen molar-refractivity contribution in [2.24, 2.45) is 11.8 Å². The van der Waals surface area contributed by atoms with E-state index in [2.05, 4.69) is 9.80 Å². The fourth-order valence-corrected chi connectivity index (χ4v) is 4.84. The van der Waals surface area contributed by atoms with Crippen LogP contribution in [0.3, 0.4) is 0 Å². The van der Waals surface area contributed by atoms with Crippen molar-refractivity contribution >= 4 is 17.7 Å². The molecule has 0 saturated carbocycles. The molecule has 3 aliphatic rings. The Morgan fingerprint density at radius 2 is 1.68 bits per heavy atom. The Balaban J connectivity index is 1.42. The molecule has 3 aliphatic heterocycles. The summed E-state index contributed by atoms with van der Waals surface area (Å²) in [6.45, 7) is 8.02. The molecule has 28 heavy (non-hydrogen) atoms. The fourth-order valence-electron chi connectivity index (χ4n) is 4.84. The van der Waals surface area contributed by atoms with Gasteiger partial charge in [-0.3, -0.25) is 9.69 Å². The van der Waals surface area contributed by atoms with Gasteiger partial charge in [-0.1, -0.05) is 6.07 Å². The molecule has 4 rings (SSSR count). The largest absolute Gasteiger partial charge is 0.465 e. The molecule has 2 unspecified atom stereocenters. The quantitative estimate of drug-likeness (QED) is 0.848. The zero-order valence-corrected chi connectivity index (χ0v) is 16.2. The lowest BCUT2D eigenvalue weighted by molar-refractivity contribution is -0.129. The number of hydrogen-bond donors (Lipinski definition) is 1. The maximum atomic E-state index is 14.0. The number of fused-ring (bicyclic) bond motifs is 1. The number of piperazine rings is 1. The van der Waals surface area contributed by atoms with Gasteiger partial charge in [-0.2, -0.15) is 0 Å². The van der Waals surface area contributed by atoms with E-state index < -0.39 is 6.09 Å². The van der Waals surface area contributed by atoms with Crippen molar-refractivity contribution in [1.82, 2.24) is 14.7 Å². The minimum Gasteiger partial charge on any atom is -0.465 e. The van der Waals surface area contributed by atoms with Gasteiger partial charge in [0.1, 0.15) is 5.82 Å². The number of carbonyl (C=O) groups is 2. The molecule has 7 nitrogen and oxygen atoms in total. The Kier molecular flexibility index (Phi) is 5.14. The smallest absolute Gasteiger partial charge is 0.407 e. The van der Waals surface area contributed by atoms with Gasteiger partial charge in [0.25, 0.3) is 0 Å². The molecule has 0 aliphatic carbocycles. The van der Waals surface area contributed by atoms with Crippen LogP contribution in [0.4, 0.5) is 14.9 Å². The summed E-state index contributed by atoms with van der Waals surface area (Å²) in [7, 11) is 0. The number of amides is 2. The molecule has 1 N–H and O–H groups in total. The van der Waals surface area contributed by atoms with E-state index in [9.17, 15) is 19.1 Å². The summed E-state index contributed by atoms with van der Waals surface area (Å²) in [6.07, 6.45) is -0.827. The van der Waals surface area contributed by atoms with E-state index in [0.29, 0.717) is 51.1 Å². The molecule has 8 heteroatoms. The topological polar surface area (TPSA) is 67.3 Å². The number of likely N-dealkylation sites (tertiary alicyclic amines) is 2. The van der Waals surface area contributed by atoms with Crippen LogP contribution in [0, 0.1) is 17.7 Å². The van der Waals surface area contributed by atoms with Gasteiger partial charge in [-0.15, -0.1) is 0 Å². The maximum absolute atomic E-state index is 14.0. The van der Waals surface area contributed by atoms with Gasteiger partial charge in [0.15, 0.2) is 0 Å². The first-order valence-corrected chi connectivity index (χ1v) is 9.90. The molecule has 2 atom stereocenters. The molecule has 1 aromatic rings. The van der Waals surface area contributed by atoms with Gasteiger partial charge in [0, 0.05) is 71.5 Å². The third-order valence-electron chi connectivity index (χ3n) is 6.34. The second-order valence-electron chi connectivity index (χ2n) is 8.17. The van der Waals surface area contributed by atoms with E-state index >= 15 is 0 Å². The normalized spacial score (nSPS) is 25.3. The van der Waals surface area contributed by atoms with Crippen LogP contribution in [-0.4, -0.2) is 84.2 Å². The summed E-state index contributed by atoms with van der Waals surface area (Å²) in [5.41, 5.74) is 2.00. The molecule has 0 spiro atoms. The Labute approximate surface area is 164 Å². The summed E-state index contributed by atoms with van der Waals surface area (Å²) < 4.78 is 14.0. The molecule has 3 saturated heterocycles. The van der Waals surface area contributed by atoms with Gasteiger partial charge in [-0.05, 0) is 29.5 Å². The minimum absolute atomic E-state index is 0.0816. The van der Waals surface area contributed by atoms with Crippen LogP contribution < -0.4 is 4.90 Å². The van der Waals surface area contributed by atoms with Gasteiger partial charge >= 0.3 is 6.09 Å². The highest BCUT2D eigenvalue weighted by molar-refractivity contribution is 5.73. The number of carbonyl (C=O) groups excluding carboxylic acids is 1. The van der Waals surface area contributed by atoms with E-state index in [0.717, 1.165) is 30.9 Å². The lowest BCUT2D eigenvalue weighted by atomic mass is 10.0. The van der Waals surface area contributed by atoms with Crippen molar-refractivity contribution in [1.29, 1.82) is 0 Å². The molecule has 0 radical (unpaired) electrons. The molecule has 2 amide bonds. The molecule has 152 valence electrons. The van der Waals surface area contributed by atoms with Gasteiger partial charge in [-0.25, -0.2) is 9.18 Å². The third-order valence-corrected chi connectivity index (χ3v) is 6.34. The molecule has 3 heterocycles. The zero-order valence-electron chi connectivity index (χ0n) is 16.2. The molecular formula is C20H27FN4O3. The predicted molar refractivity (Wildman–Crippen MR) is 103 cm³/mol. The van der Waals surface area contributed by atoms with Gasteiger partial charge < -0.3 is 19.8 Å². The van der Waals surface area contributed by atoms with Crippen molar-refractivity contribution in [2.75, 3.05) is 57.3 Å². The van der Waals surface area contributed by atoms with Crippen LogP contribution in [0.25, 0.3) is 0 Å². The lowest BCUT2D eigenvalue weighted by Gasteiger charge is -2.37. The summed E-state index contributed by atoms with van der Waals surface area (Å²) in [4.78, 5) is 30.6. The summed E-state index contributed by atoms with van der Waals surface area (Å²) in [6, 6.07) is 4.97. The van der Waals surface area contributed by atoms with Crippen LogP contribution in [0.5, 0.6) is 0 Å². The fraction of sp³-hybridized carbons (Fsp3) is 0.600. The van der Waals surface area contributed by atoms with E-state index in [1.165, 1.54) is 11.0 Å². The molecular weight excluding hydrogens is 363 g/mol. The molecule has 0 aromatic heterocycles. The first-order valence-electron chi connectivity index (χ1n) is 9.90. The van der Waals surface area contributed by atoms with Gasteiger partial charge in [0.2, 0.25) is 5.91 Å². The number of hydrogen-bond acceptors (Lipinski definition) is 4. The third kappa shape index (κ3) is 3.78. The molecule has 0 bridgehead atoms. The summed E-state index contributed by atoms with van der Waals surface area (Å²) in [5.74, 6) is 0.611. The second-order valence-corrected chi connectivity index (χ2v) is 8.17. The Hall–Kier alpha value is -2.35. The van der Waals surface area contributed by atoms with Crippen molar-refractivity contribution in [3.05, 3.63) is 29.6 Å². The van der Waals surface area contributed by atoms with Gasteiger partial charge in [0.05, 0.1) is 0 Å². The second kappa shape index (κ2) is 7.58. The number of carboxylic acid groups (broad SMARTS) is 1. The Bertz CT molecular complexity index is 752. The zero-order chi connectivity index (χ0) is 19.8. The monoisotopic (exact) mass is 390 g/mol. The summed E-state index contributed by atoms with van der Waals surface area (Å²) >= 11 is 0. The van der Waals surface area contributed by atoms with E-state index in [4.69, 9.17) is 0 Å². The predicted octanol–water partition coefficient (Wildman–Crippen LogP) is 1.54. The number of benzene rings is 1. The molecule has 1 aromatic carbocycles. The Morgan fingerprint density at radius 3 is 2.25 bits per heavy atom. The number of nitrogens with zero attached hydrogens (tertiary/aromatic N) is 4. The molecule has 3 fully saturated rings.